The van der Waals surface area contributed by atoms with Gasteiger partial charge in [0.1, 0.15) is 0 Å². The Kier molecular flexibility index (Phi) is 1.77. The van der Waals surface area contributed by atoms with Gasteiger partial charge in [-0.3, -0.25) is 0 Å². The smallest absolute Gasteiger partial charge is 0.0393 e. The maximum absolute atomic E-state index is 5.95. The first-order valence-electron chi connectivity index (χ1n) is 5.22. The molecule has 0 atom stereocenters. The highest BCUT2D eigenvalue weighted by atomic mass is 14.6. The van der Waals surface area contributed by atoms with Gasteiger partial charge in [-0.2, -0.15) is 0 Å². The molecule has 3 aromatic rings. The Morgan fingerprint density at radius 2 is 1.06 bits per heavy atom. The number of hydrogen-bond donors (Lipinski definition) is 2. The van der Waals surface area contributed by atoms with Gasteiger partial charge < -0.3 is 11.5 Å². The van der Waals surface area contributed by atoms with Crippen LogP contribution in [-0.2, 0) is 0 Å². The van der Waals surface area contributed by atoms with Crippen LogP contribution >= 0.6 is 0 Å². The molecular formula is C14H12N2. The van der Waals surface area contributed by atoms with E-state index in [0.29, 0.717) is 0 Å². The molecule has 0 amide bonds. The molecule has 4 N–H and O–H groups in total. The third kappa shape index (κ3) is 1.20. The molecule has 2 nitrogen and oxygen atoms in total. The van der Waals surface area contributed by atoms with E-state index in [-0.39, 0.29) is 0 Å². The van der Waals surface area contributed by atoms with Crippen LogP contribution in [0.25, 0.3) is 21.5 Å². The Bertz CT molecular complexity index is 625. The summed E-state index contributed by atoms with van der Waals surface area (Å²) in [4.78, 5) is 0. The molecule has 0 aliphatic carbocycles. The largest absolute Gasteiger partial charge is 0.398 e. The lowest BCUT2D eigenvalue weighted by molar-refractivity contribution is 1.73. The lowest BCUT2D eigenvalue weighted by Gasteiger charge is -2.06. The number of benzene rings is 3. The molecule has 0 aromatic heterocycles. The fourth-order valence-corrected chi connectivity index (χ4v) is 2.10. The maximum Gasteiger partial charge on any atom is 0.0393 e. The van der Waals surface area contributed by atoms with Crippen molar-refractivity contribution in [3.63, 3.8) is 0 Å². The summed E-state index contributed by atoms with van der Waals surface area (Å²) in [6.07, 6.45) is 0. The Balaban J connectivity index is 2.54. The van der Waals surface area contributed by atoms with E-state index in [9.17, 15) is 0 Å². The van der Waals surface area contributed by atoms with E-state index in [2.05, 4.69) is 24.3 Å². The average molecular weight is 208 g/mol. The normalized spacial score (nSPS) is 11.0. The number of rotatable bonds is 0. The molecule has 0 fully saturated rings. The Morgan fingerprint density at radius 1 is 0.625 bits per heavy atom. The fourth-order valence-electron chi connectivity index (χ4n) is 2.10. The van der Waals surface area contributed by atoms with Gasteiger partial charge in [-0.25, -0.2) is 0 Å². The highest BCUT2D eigenvalue weighted by molar-refractivity contribution is 6.06. The van der Waals surface area contributed by atoms with E-state index in [4.69, 9.17) is 11.5 Å². The molecule has 78 valence electrons. The van der Waals surface area contributed by atoms with Gasteiger partial charge in [0, 0.05) is 22.1 Å². The van der Waals surface area contributed by atoms with E-state index in [0.717, 1.165) is 32.9 Å². The second kappa shape index (κ2) is 3.14. The molecule has 0 heterocycles. The summed E-state index contributed by atoms with van der Waals surface area (Å²) in [5, 5.41) is 4.43. The SMILES string of the molecule is Nc1cccc2cc3c(N)cccc3cc12. The van der Waals surface area contributed by atoms with Gasteiger partial charge in [0.2, 0.25) is 0 Å². The summed E-state index contributed by atoms with van der Waals surface area (Å²) in [5.74, 6) is 0. The number of nitrogen functional groups attached to an aromatic ring is 2. The topological polar surface area (TPSA) is 52.0 Å². The summed E-state index contributed by atoms with van der Waals surface area (Å²) in [5.41, 5.74) is 13.5. The molecule has 0 unspecified atom stereocenters. The summed E-state index contributed by atoms with van der Waals surface area (Å²) in [6, 6.07) is 16.0. The molecule has 0 saturated carbocycles. The lowest BCUT2D eigenvalue weighted by atomic mass is 10.0. The Labute approximate surface area is 93.5 Å². The molecule has 3 rings (SSSR count). The summed E-state index contributed by atoms with van der Waals surface area (Å²) < 4.78 is 0. The van der Waals surface area contributed by atoms with Gasteiger partial charge in [0.25, 0.3) is 0 Å². The molecule has 0 spiro atoms. The van der Waals surface area contributed by atoms with Crippen LogP contribution in [0.15, 0.2) is 48.5 Å². The van der Waals surface area contributed by atoms with Gasteiger partial charge >= 0.3 is 0 Å². The van der Waals surface area contributed by atoms with Crippen molar-refractivity contribution in [2.24, 2.45) is 0 Å². The quantitative estimate of drug-likeness (QED) is 0.440. The fraction of sp³-hybridized carbons (Fsp3) is 0. The number of fused-ring (bicyclic) bond motifs is 2. The van der Waals surface area contributed by atoms with Crippen LogP contribution < -0.4 is 11.5 Å². The van der Waals surface area contributed by atoms with Gasteiger partial charge in [0.05, 0.1) is 0 Å². The zero-order valence-corrected chi connectivity index (χ0v) is 8.77. The lowest BCUT2D eigenvalue weighted by Crippen LogP contribution is -1.89. The van der Waals surface area contributed by atoms with Crippen LogP contribution in [0.2, 0.25) is 0 Å². The number of nitrogens with two attached hydrogens (primary N) is 2. The van der Waals surface area contributed by atoms with Crippen molar-refractivity contribution < 1.29 is 0 Å². The second-order valence-electron chi connectivity index (χ2n) is 3.99. The van der Waals surface area contributed by atoms with Crippen molar-refractivity contribution in [1.82, 2.24) is 0 Å². The minimum absolute atomic E-state index is 0.807. The van der Waals surface area contributed by atoms with Crippen LogP contribution in [0.1, 0.15) is 0 Å². The van der Waals surface area contributed by atoms with Crippen molar-refractivity contribution in [3.05, 3.63) is 48.5 Å². The summed E-state index contributed by atoms with van der Waals surface area (Å²) >= 11 is 0. The zero-order valence-electron chi connectivity index (χ0n) is 8.77. The molecule has 0 aliphatic rings. The first kappa shape index (κ1) is 9.04. The number of anilines is 2. The Hall–Kier alpha value is -2.22. The Morgan fingerprint density at radius 3 is 1.50 bits per heavy atom. The van der Waals surface area contributed by atoms with Crippen LogP contribution in [-0.4, -0.2) is 0 Å². The second-order valence-corrected chi connectivity index (χ2v) is 3.99. The minimum atomic E-state index is 0.807. The molecule has 3 aromatic carbocycles. The van der Waals surface area contributed by atoms with Gasteiger partial charge in [-0.1, -0.05) is 24.3 Å². The standard InChI is InChI=1S/C14H12N2/c15-13-5-1-3-9-7-12-10(8-11(9)13)4-2-6-14(12)16/h1-8H,15-16H2. The van der Waals surface area contributed by atoms with E-state index >= 15 is 0 Å². The van der Waals surface area contributed by atoms with E-state index in [1.54, 1.807) is 0 Å². The molecular weight excluding hydrogens is 196 g/mol. The third-order valence-corrected chi connectivity index (χ3v) is 2.95. The monoisotopic (exact) mass is 208 g/mol. The molecule has 16 heavy (non-hydrogen) atoms. The van der Waals surface area contributed by atoms with Gasteiger partial charge in [-0.05, 0) is 35.0 Å². The predicted molar refractivity (Wildman–Crippen MR) is 70.3 cm³/mol. The molecule has 2 heteroatoms. The summed E-state index contributed by atoms with van der Waals surface area (Å²) in [6.45, 7) is 0. The first-order valence-corrected chi connectivity index (χ1v) is 5.22. The van der Waals surface area contributed by atoms with Crippen molar-refractivity contribution in [1.29, 1.82) is 0 Å². The zero-order chi connectivity index (χ0) is 11.1. The van der Waals surface area contributed by atoms with Crippen LogP contribution in [0.4, 0.5) is 11.4 Å². The first-order chi connectivity index (χ1) is 7.75. The van der Waals surface area contributed by atoms with Gasteiger partial charge in [0.15, 0.2) is 0 Å². The molecule has 0 aliphatic heterocycles. The van der Waals surface area contributed by atoms with Crippen molar-refractivity contribution >= 4 is 32.9 Å². The highest BCUT2D eigenvalue weighted by Crippen LogP contribution is 2.29. The maximum atomic E-state index is 5.95. The highest BCUT2D eigenvalue weighted by Gasteiger charge is 2.02. The van der Waals surface area contributed by atoms with Crippen LogP contribution in [0, 0.1) is 0 Å². The number of hydrogen-bond acceptors (Lipinski definition) is 2. The van der Waals surface area contributed by atoms with Crippen molar-refractivity contribution in [2.45, 2.75) is 0 Å². The van der Waals surface area contributed by atoms with Gasteiger partial charge in [-0.15, -0.1) is 0 Å². The molecule has 0 saturated heterocycles. The van der Waals surface area contributed by atoms with Crippen molar-refractivity contribution in [2.75, 3.05) is 11.5 Å². The average Bonchev–Trinajstić information content (AvgIpc) is 2.29. The van der Waals surface area contributed by atoms with E-state index in [1.165, 1.54) is 0 Å². The molecule has 0 radical (unpaired) electrons. The van der Waals surface area contributed by atoms with Crippen LogP contribution in [0.5, 0.6) is 0 Å². The molecule has 0 bridgehead atoms. The predicted octanol–water partition coefficient (Wildman–Crippen LogP) is 3.16. The van der Waals surface area contributed by atoms with Crippen LogP contribution in [0.3, 0.4) is 0 Å². The summed E-state index contributed by atoms with van der Waals surface area (Å²) in [7, 11) is 0. The van der Waals surface area contributed by atoms with E-state index in [1.807, 2.05) is 24.3 Å². The third-order valence-electron chi connectivity index (χ3n) is 2.95. The van der Waals surface area contributed by atoms with Crippen molar-refractivity contribution in [3.8, 4) is 0 Å². The van der Waals surface area contributed by atoms with E-state index < -0.39 is 0 Å². The minimum Gasteiger partial charge on any atom is -0.398 e.